The fraction of sp³-hybridized carbons (Fsp3) is 0. The first-order valence-corrected chi connectivity index (χ1v) is 7.61. The quantitative estimate of drug-likeness (QED) is 0.655. The molecule has 0 saturated carbocycles. The van der Waals surface area contributed by atoms with Gasteiger partial charge in [0.2, 0.25) is 0 Å². The number of nitrogens with zero attached hydrogens (tertiary/aromatic N) is 2. The number of aromatic amines is 1. The summed E-state index contributed by atoms with van der Waals surface area (Å²) in [4.78, 5) is 26.9. The molecule has 6 nitrogen and oxygen atoms in total. The summed E-state index contributed by atoms with van der Waals surface area (Å²) < 4.78 is 1.11. The number of hydrogen-bond acceptors (Lipinski definition) is 4. The van der Waals surface area contributed by atoms with Crippen molar-refractivity contribution in [3.05, 3.63) is 72.3 Å². The molecule has 3 aromatic rings. The van der Waals surface area contributed by atoms with Crippen LogP contribution in [-0.4, -0.2) is 21.0 Å². The fourth-order valence-corrected chi connectivity index (χ4v) is 2.86. The molecule has 0 saturated heterocycles. The van der Waals surface area contributed by atoms with Crippen molar-refractivity contribution in [3.63, 3.8) is 0 Å². The van der Waals surface area contributed by atoms with Gasteiger partial charge in [0.25, 0.3) is 5.56 Å². The number of aromatic nitrogens is 2. The topological polar surface area (TPSA) is 87.5 Å². The number of nitrogens with one attached hydrogen (secondary N) is 1. The molecule has 0 aliphatic heterocycles. The van der Waals surface area contributed by atoms with Crippen LogP contribution in [0.3, 0.4) is 0 Å². The first-order chi connectivity index (χ1) is 11.0. The molecule has 116 valence electrons. The maximum atomic E-state index is 12.3. The van der Waals surface area contributed by atoms with Gasteiger partial charge in [-0.25, -0.2) is 4.79 Å². The van der Waals surface area contributed by atoms with Crippen molar-refractivity contribution >= 4 is 44.6 Å². The van der Waals surface area contributed by atoms with E-state index in [0.717, 1.165) is 4.68 Å². The predicted molar refractivity (Wildman–Crippen MR) is 92.6 cm³/mol. The molecule has 0 aliphatic rings. The van der Waals surface area contributed by atoms with Gasteiger partial charge in [0.05, 0.1) is 26.6 Å². The summed E-state index contributed by atoms with van der Waals surface area (Å²) in [6.07, 6.45) is 1.31. The summed E-state index contributed by atoms with van der Waals surface area (Å²) in [7, 11) is 0. The van der Waals surface area contributed by atoms with Crippen molar-refractivity contribution in [3.8, 4) is 5.75 Å². The molecule has 1 heterocycles. The van der Waals surface area contributed by atoms with E-state index in [4.69, 9.17) is 11.6 Å². The zero-order valence-corrected chi connectivity index (χ0v) is 13.8. The molecule has 23 heavy (non-hydrogen) atoms. The van der Waals surface area contributed by atoms with Gasteiger partial charge < -0.3 is 10.1 Å². The van der Waals surface area contributed by atoms with E-state index in [1.165, 1.54) is 12.3 Å². The van der Waals surface area contributed by atoms with Gasteiger partial charge >= 0.3 is 5.69 Å². The van der Waals surface area contributed by atoms with Gasteiger partial charge in [0.15, 0.2) is 0 Å². The van der Waals surface area contributed by atoms with E-state index >= 15 is 0 Å². The van der Waals surface area contributed by atoms with E-state index < -0.39 is 11.2 Å². The Morgan fingerprint density at radius 2 is 2.00 bits per heavy atom. The zero-order valence-electron chi connectivity index (χ0n) is 11.5. The van der Waals surface area contributed by atoms with Gasteiger partial charge in [-0.15, -0.1) is 4.68 Å². The fourth-order valence-electron chi connectivity index (χ4n) is 2.04. The number of rotatable bonds is 2. The van der Waals surface area contributed by atoms with Crippen LogP contribution in [0.4, 0.5) is 0 Å². The maximum Gasteiger partial charge on any atom is 0.349 e. The third-order valence-electron chi connectivity index (χ3n) is 3.15. The second-order valence-electron chi connectivity index (χ2n) is 4.67. The molecular formula is C15H9BrClN3O3. The van der Waals surface area contributed by atoms with E-state index in [1.807, 2.05) is 0 Å². The second kappa shape index (κ2) is 6.02. The summed E-state index contributed by atoms with van der Waals surface area (Å²) in [6, 6.07) is 9.70. The number of aromatic hydroxyl groups is 1. The highest BCUT2D eigenvalue weighted by Gasteiger charge is 2.07. The van der Waals surface area contributed by atoms with Crippen LogP contribution in [0.2, 0.25) is 5.02 Å². The highest BCUT2D eigenvalue weighted by molar-refractivity contribution is 9.10. The van der Waals surface area contributed by atoms with Crippen LogP contribution in [-0.2, 0) is 0 Å². The van der Waals surface area contributed by atoms with Crippen LogP contribution >= 0.6 is 27.5 Å². The smallest absolute Gasteiger partial charge is 0.349 e. The highest BCUT2D eigenvalue weighted by Crippen LogP contribution is 2.32. The maximum absolute atomic E-state index is 12.3. The Kier molecular flexibility index (Phi) is 4.06. The Bertz CT molecular complexity index is 1030. The number of hydrogen-bond donors (Lipinski definition) is 2. The molecule has 0 aliphatic carbocycles. The molecule has 1 aromatic heterocycles. The lowest BCUT2D eigenvalue weighted by Crippen LogP contribution is -2.32. The zero-order chi connectivity index (χ0) is 16.6. The third kappa shape index (κ3) is 2.93. The largest absolute Gasteiger partial charge is 0.505 e. The Balaban J connectivity index is 2.12. The van der Waals surface area contributed by atoms with Gasteiger partial charge in [0, 0.05) is 0 Å². The van der Waals surface area contributed by atoms with Crippen LogP contribution < -0.4 is 11.2 Å². The van der Waals surface area contributed by atoms with Crippen molar-refractivity contribution in [2.24, 2.45) is 5.10 Å². The second-order valence-corrected chi connectivity index (χ2v) is 5.93. The normalized spacial score (nSPS) is 11.4. The van der Waals surface area contributed by atoms with E-state index in [1.54, 1.807) is 30.3 Å². The van der Waals surface area contributed by atoms with Gasteiger partial charge in [-0.1, -0.05) is 23.7 Å². The Hall–Kier alpha value is -2.38. The molecule has 0 atom stereocenters. The number of phenols is 1. The summed E-state index contributed by atoms with van der Waals surface area (Å²) in [5.74, 6) is -0.0930. The number of para-hydroxylation sites is 1. The molecule has 0 bridgehead atoms. The number of halogens is 2. The molecule has 0 fully saturated rings. The van der Waals surface area contributed by atoms with Crippen LogP contribution in [0, 0.1) is 0 Å². The minimum Gasteiger partial charge on any atom is -0.505 e. The first kappa shape index (κ1) is 15.5. The van der Waals surface area contributed by atoms with Crippen molar-refractivity contribution in [1.29, 1.82) is 0 Å². The predicted octanol–water partition coefficient (Wildman–Crippen LogP) is 2.69. The van der Waals surface area contributed by atoms with Crippen LogP contribution in [0.15, 0.2) is 55.6 Å². The summed E-state index contributed by atoms with van der Waals surface area (Å²) >= 11 is 9.02. The van der Waals surface area contributed by atoms with Crippen molar-refractivity contribution < 1.29 is 5.11 Å². The summed E-state index contributed by atoms with van der Waals surface area (Å²) in [5, 5.41) is 14.0. The highest BCUT2D eigenvalue weighted by atomic mass is 79.9. The molecular weight excluding hydrogens is 386 g/mol. The SMILES string of the molecule is O=c1[nH]c2ccccc2c(=O)n1/N=C/c1cc(Cl)c(O)c(Br)c1. The molecule has 3 rings (SSSR count). The van der Waals surface area contributed by atoms with E-state index in [2.05, 4.69) is 26.0 Å². The molecule has 2 aromatic carbocycles. The Morgan fingerprint density at radius 3 is 2.74 bits per heavy atom. The molecule has 0 radical (unpaired) electrons. The van der Waals surface area contributed by atoms with E-state index in [9.17, 15) is 14.7 Å². The number of H-pyrrole nitrogens is 1. The average molecular weight is 395 g/mol. The average Bonchev–Trinajstić information content (AvgIpc) is 2.52. The van der Waals surface area contributed by atoms with Crippen molar-refractivity contribution in [2.75, 3.05) is 0 Å². The van der Waals surface area contributed by atoms with E-state index in [0.29, 0.717) is 20.9 Å². The Labute approximate surface area is 142 Å². The first-order valence-electron chi connectivity index (χ1n) is 6.44. The number of phenolic OH excluding ortho intramolecular Hbond substituents is 1. The molecule has 0 amide bonds. The van der Waals surface area contributed by atoms with Crippen molar-refractivity contribution in [1.82, 2.24) is 9.66 Å². The van der Waals surface area contributed by atoms with Crippen LogP contribution in [0.25, 0.3) is 10.9 Å². The summed E-state index contributed by atoms with van der Waals surface area (Å²) in [5.41, 5.74) is -0.207. The molecule has 0 spiro atoms. The van der Waals surface area contributed by atoms with Gasteiger partial charge in [-0.05, 0) is 45.8 Å². The monoisotopic (exact) mass is 393 g/mol. The summed E-state index contributed by atoms with van der Waals surface area (Å²) in [6.45, 7) is 0. The van der Waals surface area contributed by atoms with Gasteiger partial charge in [-0.2, -0.15) is 5.10 Å². The minimum atomic E-state index is -0.645. The molecule has 0 unspecified atom stereocenters. The molecule has 2 N–H and O–H groups in total. The van der Waals surface area contributed by atoms with Crippen LogP contribution in [0.5, 0.6) is 5.75 Å². The van der Waals surface area contributed by atoms with E-state index in [-0.39, 0.29) is 10.8 Å². The standard InChI is InChI=1S/C15H9BrClN3O3/c16-10-5-8(6-11(17)13(10)21)7-18-20-14(22)9-3-1-2-4-12(9)19-15(20)23/h1-7,21H,(H,19,23)/b18-7+. The minimum absolute atomic E-state index is 0.0930. The lowest BCUT2D eigenvalue weighted by Gasteiger charge is -2.03. The number of fused-ring (bicyclic) bond motifs is 1. The van der Waals surface area contributed by atoms with Crippen molar-refractivity contribution in [2.45, 2.75) is 0 Å². The number of benzene rings is 2. The lowest BCUT2D eigenvalue weighted by atomic mass is 10.2. The van der Waals surface area contributed by atoms with Gasteiger partial charge in [-0.3, -0.25) is 4.79 Å². The lowest BCUT2D eigenvalue weighted by molar-refractivity contribution is 0.472. The Morgan fingerprint density at radius 1 is 1.26 bits per heavy atom. The third-order valence-corrected chi connectivity index (χ3v) is 4.04. The molecule has 8 heteroatoms. The van der Waals surface area contributed by atoms with Gasteiger partial charge in [0.1, 0.15) is 5.75 Å². The van der Waals surface area contributed by atoms with Crippen LogP contribution in [0.1, 0.15) is 5.56 Å².